The number of fused-ring (bicyclic) bond motifs is 2. The molecule has 2 heterocycles. The Bertz CT molecular complexity index is 886. The molecule has 1 aliphatic carbocycles. The van der Waals surface area contributed by atoms with Crippen molar-refractivity contribution in [1.29, 1.82) is 0 Å². The Balaban J connectivity index is 1.64. The lowest BCUT2D eigenvalue weighted by atomic mass is 9.86. The van der Waals surface area contributed by atoms with Gasteiger partial charge in [0.05, 0.1) is 6.20 Å². The van der Waals surface area contributed by atoms with Gasteiger partial charge in [-0.15, -0.1) is 10.2 Å². The summed E-state index contributed by atoms with van der Waals surface area (Å²) in [6, 6.07) is 12.4. The van der Waals surface area contributed by atoms with E-state index in [1.807, 2.05) is 28.8 Å². The van der Waals surface area contributed by atoms with Gasteiger partial charge in [-0.1, -0.05) is 38.1 Å². The minimum atomic E-state index is 0.0403. The van der Waals surface area contributed by atoms with Crippen molar-refractivity contribution in [1.82, 2.24) is 14.6 Å². The highest BCUT2D eigenvalue weighted by Crippen LogP contribution is 2.37. The maximum atomic E-state index is 6.34. The van der Waals surface area contributed by atoms with Gasteiger partial charge in [-0.3, -0.25) is 4.40 Å². The monoisotopic (exact) mass is 336 g/mol. The molecule has 3 aromatic rings. The van der Waals surface area contributed by atoms with Crippen LogP contribution in [0.1, 0.15) is 55.8 Å². The van der Waals surface area contributed by atoms with Crippen molar-refractivity contribution in [3.05, 3.63) is 59.5 Å². The van der Waals surface area contributed by atoms with Crippen LogP contribution in [0.3, 0.4) is 0 Å². The Morgan fingerprint density at radius 3 is 2.72 bits per heavy atom. The van der Waals surface area contributed by atoms with Gasteiger partial charge in [0.2, 0.25) is 0 Å². The lowest BCUT2D eigenvalue weighted by molar-refractivity contribution is 0.176. The summed E-state index contributed by atoms with van der Waals surface area (Å²) in [5, 5.41) is 8.56. The fraction of sp³-hybridized carbons (Fsp3) is 0.400. The zero-order valence-corrected chi connectivity index (χ0v) is 14.7. The van der Waals surface area contributed by atoms with Gasteiger partial charge < -0.3 is 10.5 Å². The van der Waals surface area contributed by atoms with E-state index in [1.54, 1.807) is 0 Å². The first-order valence-corrected chi connectivity index (χ1v) is 8.96. The SMILES string of the molecule is CC(C)Cc1nnc2ccc(O[C@@H]3CC[C@H](N)c4ccccc43)cn12. The highest BCUT2D eigenvalue weighted by Gasteiger charge is 2.26. The van der Waals surface area contributed by atoms with E-state index in [4.69, 9.17) is 10.5 Å². The van der Waals surface area contributed by atoms with Crippen LogP contribution < -0.4 is 10.5 Å². The molecule has 0 fully saturated rings. The van der Waals surface area contributed by atoms with Crippen molar-refractivity contribution in [2.24, 2.45) is 11.7 Å². The molecule has 2 atom stereocenters. The topological polar surface area (TPSA) is 65.4 Å². The summed E-state index contributed by atoms with van der Waals surface area (Å²) in [5.74, 6) is 2.35. The molecule has 0 radical (unpaired) electrons. The molecule has 5 heteroatoms. The molecule has 0 spiro atoms. The first-order chi connectivity index (χ1) is 12.1. The van der Waals surface area contributed by atoms with Crippen molar-refractivity contribution in [2.75, 3.05) is 0 Å². The molecule has 0 saturated heterocycles. The Hall–Kier alpha value is -2.40. The lowest BCUT2D eigenvalue weighted by Gasteiger charge is -2.30. The van der Waals surface area contributed by atoms with Crippen molar-refractivity contribution in [3.8, 4) is 5.75 Å². The van der Waals surface area contributed by atoms with Gasteiger partial charge in [0, 0.05) is 12.5 Å². The number of nitrogens with two attached hydrogens (primary N) is 1. The Labute approximate surface area is 147 Å². The van der Waals surface area contributed by atoms with Gasteiger partial charge in [-0.05, 0) is 42.0 Å². The first-order valence-electron chi connectivity index (χ1n) is 8.96. The van der Waals surface area contributed by atoms with Gasteiger partial charge in [-0.25, -0.2) is 0 Å². The largest absolute Gasteiger partial charge is 0.484 e. The van der Waals surface area contributed by atoms with Gasteiger partial charge in [0.1, 0.15) is 17.7 Å². The van der Waals surface area contributed by atoms with E-state index >= 15 is 0 Å². The molecule has 1 aromatic carbocycles. The Morgan fingerprint density at radius 1 is 1.12 bits per heavy atom. The quantitative estimate of drug-likeness (QED) is 0.786. The predicted octanol–water partition coefficient (Wildman–Crippen LogP) is 3.84. The van der Waals surface area contributed by atoms with Crippen LogP contribution in [0, 0.1) is 5.92 Å². The van der Waals surface area contributed by atoms with Gasteiger partial charge in [-0.2, -0.15) is 0 Å². The fourth-order valence-corrected chi connectivity index (χ4v) is 3.56. The second-order valence-corrected chi connectivity index (χ2v) is 7.23. The van der Waals surface area contributed by atoms with E-state index in [0.717, 1.165) is 36.5 Å². The molecule has 0 aliphatic heterocycles. The van der Waals surface area contributed by atoms with E-state index < -0.39 is 0 Å². The van der Waals surface area contributed by atoms with Crippen LogP contribution in [0.25, 0.3) is 5.65 Å². The minimum absolute atomic E-state index is 0.0403. The van der Waals surface area contributed by atoms with Gasteiger partial charge in [0.25, 0.3) is 0 Å². The molecule has 0 bridgehead atoms. The second kappa shape index (κ2) is 6.48. The summed E-state index contributed by atoms with van der Waals surface area (Å²) in [6.07, 6.45) is 4.81. The summed E-state index contributed by atoms with van der Waals surface area (Å²) in [4.78, 5) is 0. The van der Waals surface area contributed by atoms with Crippen LogP contribution in [0.4, 0.5) is 0 Å². The molecule has 1 aliphatic rings. The van der Waals surface area contributed by atoms with Crippen LogP contribution in [0.15, 0.2) is 42.6 Å². The number of rotatable bonds is 4. The average Bonchev–Trinajstić information content (AvgIpc) is 2.99. The van der Waals surface area contributed by atoms with E-state index in [0.29, 0.717) is 5.92 Å². The van der Waals surface area contributed by atoms with E-state index in [2.05, 4.69) is 42.2 Å². The van der Waals surface area contributed by atoms with Crippen molar-refractivity contribution < 1.29 is 4.74 Å². The molecule has 130 valence electrons. The third-order valence-electron chi connectivity index (χ3n) is 4.80. The zero-order valence-electron chi connectivity index (χ0n) is 14.7. The van der Waals surface area contributed by atoms with Crippen molar-refractivity contribution >= 4 is 5.65 Å². The number of hydrogen-bond donors (Lipinski definition) is 1. The number of aromatic nitrogens is 3. The van der Waals surface area contributed by atoms with E-state index in [-0.39, 0.29) is 12.1 Å². The van der Waals surface area contributed by atoms with Crippen molar-refractivity contribution in [2.45, 2.75) is 45.3 Å². The first kappa shape index (κ1) is 16.1. The summed E-state index contributed by atoms with van der Waals surface area (Å²) < 4.78 is 8.37. The number of hydrogen-bond acceptors (Lipinski definition) is 4. The summed E-state index contributed by atoms with van der Waals surface area (Å²) >= 11 is 0. The maximum absolute atomic E-state index is 6.34. The molecule has 4 rings (SSSR count). The normalized spacial score (nSPS) is 20.0. The Kier molecular flexibility index (Phi) is 4.17. The van der Waals surface area contributed by atoms with Crippen LogP contribution in [-0.2, 0) is 6.42 Å². The molecular weight excluding hydrogens is 312 g/mol. The fourth-order valence-electron chi connectivity index (χ4n) is 3.56. The number of nitrogens with zero attached hydrogens (tertiary/aromatic N) is 3. The van der Waals surface area contributed by atoms with Crippen molar-refractivity contribution in [3.63, 3.8) is 0 Å². The number of benzene rings is 1. The van der Waals surface area contributed by atoms with Gasteiger partial charge >= 0.3 is 0 Å². The smallest absolute Gasteiger partial charge is 0.161 e. The minimum Gasteiger partial charge on any atom is -0.484 e. The third kappa shape index (κ3) is 3.12. The average molecular weight is 336 g/mol. The summed E-state index contributed by atoms with van der Waals surface area (Å²) in [5.41, 5.74) is 9.51. The van der Waals surface area contributed by atoms with Crippen LogP contribution in [0.2, 0.25) is 0 Å². The zero-order chi connectivity index (χ0) is 17.4. The standard InChI is InChI=1S/C20H24N4O/c1-13(2)11-20-23-22-19-10-7-14(12-24(19)20)25-18-9-8-17(21)15-5-3-4-6-16(15)18/h3-7,10,12-13,17-18H,8-9,11,21H2,1-2H3/t17-,18+/m0/s1. The van der Waals surface area contributed by atoms with E-state index in [9.17, 15) is 0 Å². The summed E-state index contributed by atoms with van der Waals surface area (Å²) in [6.45, 7) is 4.37. The highest BCUT2D eigenvalue weighted by molar-refractivity contribution is 5.42. The molecule has 0 amide bonds. The van der Waals surface area contributed by atoms with Crippen LogP contribution in [-0.4, -0.2) is 14.6 Å². The molecule has 2 aromatic heterocycles. The van der Waals surface area contributed by atoms with Crippen LogP contribution >= 0.6 is 0 Å². The molecule has 0 saturated carbocycles. The predicted molar refractivity (Wildman–Crippen MR) is 97.5 cm³/mol. The Morgan fingerprint density at radius 2 is 1.92 bits per heavy atom. The molecule has 25 heavy (non-hydrogen) atoms. The molecule has 5 nitrogen and oxygen atoms in total. The second-order valence-electron chi connectivity index (χ2n) is 7.23. The molecule has 2 N–H and O–H groups in total. The number of pyridine rings is 1. The van der Waals surface area contributed by atoms with E-state index in [1.165, 1.54) is 11.1 Å². The summed E-state index contributed by atoms with van der Waals surface area (Å²) in [7, 11) is 0. The third-order valence-corrected chi connectivity index (χ3v) is 4.80. The highest BCUT2D eigenvalue weighted by atomic mass is 16.5. The van der Waals surface area contributed by atoms with Crippen LogP contribution in [0.5, 0.6) is 5.75 Å². The van der Waals surface area contributed by atoms with Gasteiger partial charge in [0.15, 0.2) is 5.65 Å². The maximum Gasteiger partial charge on any atom is 0.161 e. The lowest BCUT2D eigenvalue weighted by Crippen LogP contribution is -2.23. The number of ether oxygens (including phenoxy) is 1. The molecule has 0 unspecified atom stereocenters. The molecular formula is C20H24N4O.